The van der Waals surface area contributed by atoms with Gasteiger partial charge in [-0.15, -0.1) is 0 Å². The zero-order valence-electron chi connectivity index (χ0n) is 7.99. The van der Waals surface area contributed by atoms with E-state index >= 15 is 0 Å². The molecular formula is C11H12O3. The molecule has 0 bridgehead atoms. The average molecular weight is 192 g/mol. The predicted octanol–water partition coefficient (Wildman–Crippen LogP) is 1.64. The quantitative estimate of drug-likeness (QED) is 0.735. The first-order valence-corrected chi connectivity index (χ1v) is 4.83. The van der Waals surface area contributed by atoms with E-state index < -0.39 is 5.60 Å². The minimum Gasteiger partial charge on any atom is -0.454 e. The summed E-state index contributed by atoms with van der Waals surface area (Å²) in [5.41, 5.74) is 0.315. The molecular weight excluding hydrogens is 180 g/mol. The van der Waals surface area contributed by atoms with Crippen LogP contribution < -0.4 is 9.47 Å². The number of rotatable bonds is 1. The van der Waals surface area contributed by atoms with Crippen molar-refractivity contribution >= 4 is 0 Å². The van der Waals surface area contributed by atoms with Gasteiger partial charge in [0.2, 0.25) is 6.79 Å². The Balaban J connectivity index is 2.01. The molecule has 1 N–H and O–H groups in total. The topological polar surface area (TPSA) is 38.7 Å². The molecule has 0 saturated heterocycles. The maximum absolute atomic E-state index is 10.1. The lowest BCUT2D eigenvalue weighted by Crippen LogP contribution is -2.06. The van der Waals surface area contributed by atoms with E-state index in [2.05, 4.69) is 0 Å². The molecule has 1 saturated carbocycles. The molecule has 2 aliphatic rings. The Labute approximate surface area is 82.3 Å². The van der Waals surface area contributed by atoms with Crippen LogP contribution in [0.2, 0.25) is 0 Å². The largest absolute Gasteiger partial charge is 0.454 e. The molecule has 1 heterocycles. The Kier molecular flexibility index (Phi) is 1.40. The van der Waals surface area contributed by atoms with E-state index in [9.17, 15) is 5.11 Å². The number of fused-ring (bicyclic) bond motifs is 1. The van der Waals surface area contributed by atoms with Gasteiger partial charge in [0.15, 0.2) is 11.5 Å². The van der Waals surface area contributed by atoms with E-state index in [0.717, 1.165) is 23.5 Å². The number of hydrogen-bond acceptors (Lipinski definition) is 3. The normalized spacial score (nSPS) is 33.1. The number of aliphatic hydroxyl groups is 1. The first-order chi connectivity index (χ1) is 6.70. The van der Waals surface area contributed by atoms with Gasteiger partial charge in [0.05, 0.1) is 5.60 Å². The summed E-state index contributed by atoms with van der Waals surface area (Å²) in [6, 6.07) is 5.66. The van der Waals surface area contributed by atoms with Crippen LogP contribution in [0.3, 0.4) is 0 Å². The van der Waals surface area contributed by atoms with E-state index in [1.54, 1.807) is 0 Å². The highest BCUT2D eigenvalue weighted by Gasteiger charge is 2.51. The summed E-state index contributed by atoms with van der Waals surface area (Å²) in [4.78, 5) is 0. The van der Waals surface area contributed by atoms with Crippen LogP contribution in [0.1, 0.15) is 18.9 Å². The highest BCUT2D eigenvalue weighted by molar-refractivity contribution is 5.47. The molecule has 1 aliphatic heterocycles. The van der Waals surface area contributed by atoms with E-state index in [-0.39, 0.29) is 6.79 Å². The van der Waals surface area contributed by atoms with Gasteiger partial charge in [-0.05, 0) is 30.0 Å². The first-order valence-electron chi connectivity index (χ1n) is 4.83. The van der Waals surface area contributed by atoms with Crippen LogP contribution in [0.25, 0.3) is 0 Å². The average Bonchev–Trinajstić information content (AvgIpc) is 2.66. The fourth-order valence-electron chi connectivity index (χ4n) is 1.98. The van der Waals surface area contributed by atoms with Crippen molar-refractivity contribution < 1.29 is 14.6 Å². The summed E-state index contributed by atoms with van der Waals surface area (Å²) >= 11 is 0. The summed E-state index contributed by atoms with van der Waals surface area (Å²) in [6.07, 6.45) is 0.840. The molecule has 3 heteroatoms. The minimum absolute atomic E-state index is 0.284. The Hall–Kier alpha value is -1.22. The molecule has 0 amide bonds. The third-order valence-corrected chi connectivity index (χ3v) is 3.14. The van der Waals surface area contributed by atoms with Crippen LogP contribution in [0, 0.1) is 5.92 Å². The van der Waals surface area contributed by atoms with Crippen molar-refractivity contribution in [1.29, 1.82) is 0 Å². The standard InChI is InChI=1S/C11H12O3/c1-7-5-11(7,12)8-2-3-9-10(4-8)14-6-13-9/h2-4,7,12H,5-6H2,1H3. The SMILES string of the molecule is CC1CC1(O)c1ccc2c(c1)OCO2. The second kappa shape index (κ2) is 2.42. The Morgan fingerprint density at radius 1 is 1.36 bits per heavy atom. The zero-order valence-corrected chi connectivity index (χ0v) is 7.99. The van der Waals surface area contributed by atoms with Crippen molar-refractivity contribution in [2.45, 2.75) is 18.9 Å². The maximum Gasteiger partial charge on any atom is 0.231 e. The zero-order chi connectivity index (χ0) is 9.76. The predicted molar refractivity (Wildman–Crippen MR) is 50.2 cm³/mol. The van der Waals surface area contributed by atoms with Gasteiger partial charge in [-0.3, -0.25) is 0 Å². The van der Waals surface area contributed by atoms with E-state index in [4.69, 9.17) is 9.47 Å². The lowest BCUT2D eigenvalue weighted by Gasteiger charge is -2.09. The molecule has 14 heavy (non-hydrogen) atoms. The third-order valence-electron chi connectivity index (χ3n) is 3.14. The Morgan fingerprint density at radius 2 is 2.07 bits per heavy atom. The van der Waals surface area contributed by atoms with E-state index in [1.165, 1.54) is 0 Å². The fourth-order valence-corrected chi connectivity index (χ4v) is 1.98. The van der Waals surface area contributed by atoms with Crippen LogP contribution >= 0.6 is 0 Å². The number of ether oxygens (including phenoxy) is 2. The summed E-state index contributed by atoms with van der Waals surface area (Å²) in [5.74, 6) is 1.86. The van der Waals surface area contributed by atoms with Crippen molar-refractivity contribution in [3.63, 3.8) is 0 Å². The highest BCUT2D eigenvalue weighted by atomic mass is 16.7. The van der Waals surface area contributed by atoms with E-state index in [0.29, 0.717) is 5.92 Å². The lowest BCUT2D eigenvalue weighted by molar-refractivity contribution is 0.134. The fraction of sp³-hybridized carbons (Fsp3) is 0.455. The van der Waals surface area contributed by atoms with Gasteiger partial charge in [0, 0.05) is 0 Å². The van der Waals surface area contributed by atoms with Crippen LogP contribution in [0.5, 0.6) is 11.5 Å². The van der Waals surface area contributed by atoms with Crippen LogP contribution in [0.4, 0.5) is 0 Å². The van der Waals surface area contributed by atoms with Gasteiger partial charge in [0.25, 0.3) is 0 Å². The van der Waals surface area contributed by atoms with Crippen molar-refractivity contribution in [2.24, 2.45) is 5.92 Å². The monoisotopic (exact) mass is 192 g/mol. The summed E-state index contributed by atoms with van der Waals surface area (Å²) < 4.78 is 10.5. The molecule has 3 nitrogen and oxygen atoms in total. The van der Waals surface area contributed by atoms with Gasteiger partial charge in [-0.2, -0.15) is 0 Å². The van der Waals surface area contributed by atoms with Gasteiger partial charge < -0.3 is 14.6 Å². The molecule has 0 spiro atoms. The van der Waals surface area contributed by atoms with Crippen molar-refractivity contribution in [1.82, 2.24) is 0 Å². The summed E-state index contributed by atoms with van der Waals surface area (Å²) in [7, 11) is 0. The van der Waals surface area contributed by atoms with Crippen molar-refractivity contribution in [2.75, 3.05) is 6.79 Å². The van der Waals surface area contributed by atoms with E-state index in [1.807, 2.05) is 25.1 Å². The molecule has 3 rings (SSSR count). The smallest absolute Gasteiger partial charge is 0.231 e. The van der Waals surface area contributed by atoms with Crippen LogP contribution in [-0.2, 0) is 5.60 Å². The molecule has 1 aromatic carbocycles. The van der Waals surface area contributed by atoms with Gasteiger partial charge in [-0.1, -0.05) is 13.0 Å². The second-order valence-corrected chi connectivity index (χ2v) is 4.10. The van der Waals surface area contributed by atoms with Crippen LogP contribution in [-0.4, -0.2) is 11.9 Å². The maximum atomic E-state index is 10.1. The van der Waals surface area contributed by atoms with Crippen LogP contribution in [0.15, 0.2) is 18.2 Å². The van der Waals surface area contributed by atoms with Gasteiger partial charge in [0.1, 0.15) is 0 Å². The Bertz CT molecular complexity index is 388. The minimum atomic E-state index is -0.624. The molecule has 1 aromatic rings. The molecule has 74 valence electrons. The van der Waals surface area contributed by atoms with Gasteiger partial charge >= 0.3 is 0 Å². The highest BCUT2D eigenvalue weighted by Crippen LogP contribution is 2.52. The number of benzene rings is 1. The molecule has 1 fully saturated rings. The Morgan fingerprint density at radius 3 is 2.79 bits per heavy atom. The first kappa shape index (κ1) is 8.12. The molecule has 0 radical (unpaired) electrons. The molecule has 1 aliphatic carbocycles. The molecule has 2 atom stereocenters. The van der Waals surface area contributed by atoms with Crippen molar-refractivity contribution in [3.05, 3.63) is 23.8 Å². The number of hydrogen-bond donors (Lipinski definition) is 1. The second-order valence-electron chi connectivity index (χ2n) is 4.10. The molecule has 2 unspecified atom stereocenters. The lowest BCUT2D eigenvalue weighted by atomic mass is 10.1. The third kappa shape index (κ3) is 0.960. The molecule has 0 aromatic heterocycles. The summed E-state index contributed by atoms with van der Waals surface area (Å²) in [5, 5.41) is 10.1. The van der Waals surface area contributed by atoms with Crippen molar-refractivity contribution in [3.8, 4) is 11.5 Å². The summed E-state index contributed by atoms with van der Waals surface area (Å²) in [6.45, 7) is 2.33. The van der Waals surface area contributed by atoms with Gasteiger partial charge in [-0.25, -0.2) is 0 Å².